The smallest absolute Gasteiger partial charge is 0.317 e. The fraction of sp³-hybridized carbons (Fsp3) is 0.875. The van der Waals surface area contributed by atoms with E-state index in [1.807, 2.05) is 4.90 Å². The molecule has 1 heterocycles. The number of urea groups is 1. The molecule has 1 aliphatic heterocycles. The van der Waals surface area contributed by atoms with Crippen molar-refractivity contribution < 1.29 is 14.7 Å². The van der Waals surface area contributed by atoms with Crippen molar-refractivity contribution in [1.29, 1.82) is 0 Å². The van der Waals surface area contributed by atoms with Crippen molar-refractivity contribution >= 4 is 12.0 Å². The summed E-state index contributed by atoms with van der Waals surface area (Å²) in [5.74, 6) is -0.170. The topological polar surface area (TPSA) is 69.6 Å². The van der Waals surface area contributed by atoms with E-state index in [9.17, 15) is 9.59 Å². The number of aliphatic carboxylic acids is 1. The first kappa shape index (κ1) is 16.1. The number of piperidine rings is 1. The number of carboxylic acid groups (broad SMARTS) is 1. The van der Waals surface area contributed by atoms with Gasteiger partial charge >= 0.3 is 12.0 Å². The van der Waals surface area contributed by atoms with Crippen LogP contribution in [0.15, 0.2) is 0 Å². The average molecular weight is 296 g/mol. The third-order valence-corrected chi connectivity index (χ3v) is 5.04. The highest BCUT2D eigenvalue weighted by molar-refractivity contribution is 5.75. The van der Waals surface area contributed by atoms with Crippen molar-refractivity contribution in [3.63, 3.8) is 0 Å². The Kier molecular flexibility index (Phi) is 5.88. The first-order valence-corrected chi connectivity index (χ1v) is 8.37. The fourth-order valence-electron chi connectivity index (χ4n) is 3.71. The summed E-state index contributed by atoms with van der Waals surface area (Å²) in [4.78, 5) is 25.1. The summed E-state index contributed by atoms with van der Waals surface area (Å²) in [6.07, 6.45) is 8.73. The van der Waals surface area contributed by atoms with E-state index in [-0.39, 0.29) is 24.5 Å². The minimum atomic E-state index is -0.778. The lowest BCUT2D eigenvalue weighted by Crippen LogP contribution is -2.51. The lowest BCUT2D eigenvalue weighted by Gasteiger charge is -2.37. The van der Waals surface area contributed by atoms with Gasteiger partial charge in [-0.1, -0.05) is 12.8 Å². The van der Waals surface area contributed by atoms with E-state index in [1.54, 1.807) is 0 Å². The number of amides is 2. The second-order valence-corrected chi connectivity index (χ2v) is 6.56. The molecular formula is C16H28N2O3. The molecule has 1 saturated heterocycles. The van der Waals surface area contributed by atoms with Crippen molar-refractivity contribution in [3.05, 3.63) is 0 Å². The Morgan fingerprint density at radius 1 is 1.19 bits per heavy atom. The number of hydrogen-bond acceptors (Lipinski definition) is 2. The number of nitrogens with zero attached hydrogens (tertiary/aromatic N) is 1. The summed E-state index contributed by atoms with van der Waals surface area (Å²) < 4.78 is 0. The van der Waals surface area contributed by atoms with Crippen LogP contribution in [-0.2, 0) is 4.79 Å². The van der Waals surface area contributed by atoms with Gasteiger partial charge in [0.2, 0.25) is 0 Å². The summed E-state index contributed by atoms with van der Waals surface area (Å²) >= 11 is 0. The minimum absolute atomic E-state index is 0.00416. The average Bonchev–Trinajstić information content (AvgIpc) is 2.99. The summed E-state index contributed by atoms with van der Waals surface area (Å²) in [7, 11) is 0. The van der Waals surface area contributed by atoms with Crippen LogP contribution in [0.2, 0.25) is 0 Å². The van der Waals surface area contributed by atoms with Crippen LogP contribution in [0.25, 0.3) is 0 Å². The van der Waals surface area contributed by atoms with Gasteiger partial charge in [-0.25, -0.2) is 4.79 Å². The molecule has 0 radical (unpaired) electrons. The van der Waals surface area contributed by atoms with Crippen molar-refractivity contribution in [2.45, 2.75) is 76.8 Å². The molecule has 1 aliphatic carbocycles. The van der Waals surface area contributed by atoms with E-state index in [0.29, 0.717) is 12.3 Å². The van der Waals surface area contributed by atoms with Gasteiger partial charge in [0.05, 0.1) is 0 Å². The van der Waals surface area contributed by atoms with Gasteiger partial charge in [0.1, 0.15) is 0 Å². The largest absolute Gasteiger partial charge is 0.481 e. The molecule has 2 unspecified atom stereocenters. The highest BCUT2D eigenvalue weighted by Crippen LogP contribution is 2.28. The van der Waals surface area contributed by atoms with E-state index in [0.717, 1.165) is 25.8 Å². The van der Waals surface area contributed by atoms with Gasteiger partial charge in [0.25, 0.3) is 0 Å². The van der Waals surface area contributed by atoms with Crippen LogP contribution in [0.1, 0.15) is 64.7 Å². The lowest BCUT2D eigenvalue weighted by molar-refractivity contribution is -0.137. The molecule has 5 heteroatoms. The number of carboxylic acids is 1. The Morgan fingerprint density at radius 2 is 1.86 bits per heavy atom. The highest BCUT2D eigenvalue weighted by atomic mass is 16.4. The van der Waals surface area contributed by atoms with Crippen LogP contribution >= 0.6 is 0 Å². The number of likely N-dealkylation sites (tertiary alicyclic amines) is 1. The molecule has 2 rings (SSSR count). The predicted octanol–water partition coefficient (Wildman–Crippen LogP) is 2.99. The number of rotatable bonds is 5. The number of carbonyl (C=O) groups excluding carboxylic acids is 1. The Morgan fingerprint density at radius 3 is 2.52 bits per heavy atom. The maximum Gasteiger partial charge on any atom is 0.317 e. The van der Waals surface area contributed by atoms with Crippen LogP contribution in [-0.4, -0.2) is 40.6 Å². The van der Waals surface area contributed by atoms with Gasteiger partial charge in [0.15, 0.2) is 0 Å². The predicted molar refractivity (Wildman–Crippen MR) is 81.2 cm³/mol. The molecule has 1 saturated carbocycles. The summed E-state index contributed by atoms with van der Waals surface area (Å²) in [6, 6.07) is 0.317. The molecule has 0 aromatic heterocycles. The van der Waals surface area contributed by atoms with E-state index in [2.05, 4.69) is 12.2 Å². The molecule has 21 heavy (non-hydrogen) atoms. The van der Waals surface area contributed by atoms with Gasteiger partial charge in [-0.05, 0) is 51.4 Å². The molecule has 0 aromatic carbocycles. The lowest BCUT2D eigenvalue weighted by atomic mass is 9.97. The molecule has 2 N–H and O–H groups in total. The van der Waals surface area contributed by atoms with Gasteiger partial charge in [-0.15, -0.1) is 0 Å². The van der Waals surface area contributed by atoms with Crippen LogP contribution in [0.5, 0.6) is 0 Å². The van der Waals surface area contributed by atoms with Crippen LogP contribution in [0, 0.1) is 5.92 Å². The van der Waals surface area contributed by atoms with Gasteiger partial charge in [0, 0.05) is 25.0 Å². The van der Waals surface area contributed by atoms with Crippen LogP contribution in [0.3, 0.4) is 0 Å². The third-order valence-electron chi connectivity index (χ3n) is 5.04. The maximum absolute atomic E-state index is 12.5. The van der Waals surface area contributed by atoms with Crippen LogP contribution in [0.4, 0.5) is 4.79 Å². The minimum Gasteiger partial charge on any atom is -0.481 e. The van der Waals surface area contributed by atoms with Gasteiger partial charge in [-0.2, -0.15) is 0 Å². The highest BCUT2D eigenvalue weighted by Gasteiger charge is 2.29. The Bertz CT molecular complexity index is 367. The first-order chi connectivity index (χ1) is 10.1. The molecule has 0 bridgehead atoms. The van der Waals surface area contributed by atoms with Gasteiger partial charge < -0.3 is 15.3 Å². The molecule has 0 aromatic rings. The SMILES string of the molecule is CC(NC(=O)N1CCCCC1CCC(=O)O)C1CCCC1. The molecule has 120 valence electrons. The number of hydrogen-bond donors (Lipinski definition) is 2. The quantitative estimate of drug-likeness (QED) is 0.819. The summed E-state index contributed by atoms with van der Waals surface area (Å²) in [6.45, 7) is 2.86. The second-order valence-electron chi connectivity index (χ2n) is 6.56. The summed E-state index contributed by atoms with van der Waals surface area (Å²) in [5, 5.41) is 12.0. The second kappa shape index (κ2) is 7.66. The Labute approximate surface area is 127 Å². The normalized spacial score (nSPS) is 24.8. The Hall–Kier alpha value is -1.26. The van der Waals surface area contributed by atoms with E-state index in [1.165, 1.54) is 25.7 Å². The van der Waals surface area contributed by atoms with E-state index >= 15 is 0 Å². The molecular weight excluding hydrogens is 268 g/mol. The zero-order valence-electron chi connectivity index (χ0n) is 13.0. The first-order valence-electron chi connectivity index (χ1n) is 8.37. The summed E-state index contributed by atoms with van der Waals surface area (Å²) in [5.41, 5.74) is 0. The molecule has 2 atom stereocenters. The molecule has 2 aliphatic rings. The number of nitrogens with one attached hydrogen (secondary N) is 1. The zero-order chi connectivity index (χ0) is 15.2. The van der Waals surface area contributed by atoms with Crippen LogP contribution < -0.4 is 5.32 Å². The molecule has 2 fully saturated rings. The maximum atomic E-state index is 12.5. The number of carbonyl (C=O) groups is 2. The van der Waals surface area contributed by atoms with E-state index in [4.69, 9.17) is 5.11 Å². The molecule has 0 spiro atoms. The fourth-order valence-corrected chi connectivity index (χ4v) is 3.71. The van der Waals surface area contributed by atoms with Crippen molar-refractivity contribution in [1.82, 2.24) is 10.2 Å². The monoisotopic (exact) mass is 296 g/mol. The third kappa shape index (κ3) is 4.61. The zero-order valence-corrected chi connectivity index (χ0v) is 13.0. The van der Waals surface area contributed by atoms with Crippen molar-refractivity contribution in [3.8, 4) is 0 Å². The van der Waals surface area contributed by atoms with Crippen molar-refractivity contribution in [2.75, 3.05) is 6.54 Å². The molecule has 5 nitrogen and oxygen atoms in total. The van der Waals surface area contributed by atoms with Gasteiger partial charge in [-0.3, -0.25) is 4.79 Å². The van der Waals surface area contributed by atoms with E-state index < -0.39 is 5.97 Å². The van der Waals surface area contributed by atoms with Crippen molar-refractivity contribution in [2.24, 2.45) is 5.92 Å². The Balaban J connectivity index is 1.86. The molecule has 2 amide bonds. The standard InChI is InChI=1S/C16H28N2O3/c1-12(13-6-2-3-7-13)17-16(21)18-11-5-4-8-14(18)9-10-15(19)20/h12-14H,2-11H2,1H3,(H,17,21)(H,19,20).